The maximum atomic E-state index is 10.5. The van der Waals surface area contributed by atoms with Crippen molar-refractivity contribution in [1.82, 2.24) is 10.2 Å². The summed E-state index contributed by atoms with van der Waals surface area (Å²) in [6, 6.07) is 0. The molecular formula is C7H14N2O3. The number of amides is 1. The summed E-state index contributed by atoms with van der Waals surface area (Å²) < 4.78 is 0. The van der Waals surface area contributed by atoms with Crippen molar-refractivity contribution in [2.75, 3.05) is 20.1 Å². The first kappa shape index (κ1) is 9.28. The number of nitrogens with zero attached hydrogens (tertiary/aromatic N) is 1. The number of hydrogen-bond donors (Lipinski definition) is 3. The molecule has 0 spiro atoms. The second-order valence-corrected chi connectivity index (χ2v) is 3.07. The van der Waals surface area contributed by atoms with E-state index in [1.165, 1.54) is 7.05 Å². The Morgan fingerprint density at radius 2 is 2.00 bits per heavy atom. The van der Waals surface area contributed by atoms with Crippen LogP contribution in [0.1, 0.15) is 12.8 Å². The monoisotopic (exact) mass is 174 g/mol. The Balaban J connectivity index is 2.62. The number of carbonyl (C=O) groups is 1. The Kier molecular flexibility index (Phi) is 2.54. The molecule has 12 heavy (non-hydrogen) atoms. The molecule has 0 aromatic heterocycles. The summed E-state index contributed by atoms with van der Waals surface area (Å²) in [5.41, 5.74) is -1.17. The predicted molar refractivity (Wildman–Crippen MR) is 42.8 cm³/mol. The highest BCUT2D eigenvalue weighted by atomic mass is 16.4. The largest absolute Gasteiger partial charge is 0.465 e. The van der Waals surface area contributed by atoms with Gasteiger partial charge in [0.25, 0.3) is 0 Å². The van der Waals surface area contributed by atoms with Crippen LogP contribution in [0.25, 0.3) is 0 Å². The minimum absolute atomic E-state index is 0.454. The van der Waals surface area contributed by atoms with Gasteiger partial charge in [-0.05, 0) is 13.1 Å². The van der Waals surface area contributed by atoms with E-state index in [4.69, 9.17) is 5.11 Å². The predicted octanol–water partition coefficient (Wildman–Crippen LogP) is -0.332. The van der Waals surface area contributed by atoms with Crippen molar-refractivity contribution in [3.8, 4) is 0 Å². The lowest BCUT2D eigenvalue weighted by Gasteiger charge is -2.38. The Hall–Kier alpha value is -0.810. The first-order valence-electron chi connectivity index (χ1n) is 3.96. The van der Waals surface area contributed by atoms with Gasteiger partial charge in [-0.3, -0.25) is 4.90 Å². The van der Waals surface area contributed by atoms with E-state index in [1.807, 2.05) is 0 Å². The molecule has 0 unspecified atom stereocenters. The van der Waals surface area contributed by atoms with Gasteiger partial charge < -0.3 is 15.5 Å². The van der Waals surface area contributed by atoms with E-state index in [0.717, 1.165) is 4.90 Å². The third-order valence-corrected chi connectivity index (χ3v) is 2.32. The fraction of sp³-hybridized carbons (Fsp3) is 0.857. The molecule has 1 amide bonds. The fourth-order valence-corrected chi connectivity index (χ4v) is 1.34. The summed E-state index contributed by atoms with van der Waals surface area (Å²) in [5, 5.41) is 21.5. The highest BCUT2D eigenvalue weighted by molar-refractivity contribution is 5.65. The quantitative estimate of drug-likeness (QED) is 0.476. The molecule has 70 valence electrons. The van der Waals surface area contributed by atoms with Gasteiger partial charge in [0.1, 0.15) is 5.72 Å². The van der Waals surface area contributed by atoms with E-state index in [9.17, 15) is 9.90 Å². The highest BCUT2D eigenvalue weighted by Gasteiger charge is 2.36. The lowest BCUT2D eigenvalue weighted by Crippen LogP contribution is -2.54. The Morgan fingerprint density at radius 3 is 2.42 bits per heavy atom. The first-order valence-corrected chi connectivity index (χ1v) is 3.96. The summed E-state index contributed by atoms with van der Waals surface area (Å²) in [5.74, 6) is 0. The maximum Gasteiger partial charge on any atom is 0.409 e. The zero-order valence-electron chi connectivity index (χ0n) is 7.08. The Morgan fingerprint density at radius 1 is 1.50 bits per heavy atom. The van der Waals surface area contributed by atoms with Crippen LogP contribution in [0.15, 0.2) is 0 Å². The van der Waals surface area contributed by atoms with E-state index < -0.39 is 11.8 Å². The molecule has 0 bridgehead atoms. The summed E-state index contributed by atoms with van der Waals surface area (Å²) in [7, 11) is 1.40. The van der Waals surface area contributed by atoms with E-state index in [-0.39, 0.29) is 0 Å². The van der Waals surface area contributed by atoms with E-state index in [1.54, 1.807) is 0 Å². The standard InChI is InChI=1S/C7H14N2O3/c1-9(6(10)11)7(12)2-4-8-5-3-7/h8,12H,2-5H2,1H3,(H,10,11). The number of hydrogen-bond acceptors (Lipinski definition) is 3. The maximum absolute atomic E-state index is 10.5. The average Bonchev–Trinajstić information content (AvgIpc) is 2.04. The normalized spacial score (nSPS) is 21.8. The minimum atomic E-state index is -1.17. The second kappa shape index (κ2) is 3.28. The van der Waals surface area contributed by atoms with Gasteiger partial charge in [-0.2, -0.15) is 0 Å². The number of carboxylic acid groups (broad SMARTS) is 1. The lowest BCUT2D eigenvalue weighted by atomic mass is 10.0. The minimum Gasteiger partial charge on any atom is -0.465 e. The molecule has 3 N–H and O–H groups in total. The molecule has 5 heteroatoms. The van der Waals surface area contributed by atoms with Crippen molar-refractivity contribution in [1.29, 1.82) is 0 Å². The molecule has 0 aliphatic carbocycles. The average molecular weight is 174 g/mol. The lowest BCUT2D eigenvalue weighted by molar-refractivity contribution is -0.0988. The molecule has 1 fully saturated rings. The van der Waals surface area contributed by atoms with E-state index >= 15 is 0 Å². The molecule has 0 radical (unpaired) electrons. The van der Waals surface area contributed by atoms with Crippen LogP contribution in [0, 0.1) is 0 Å². The molecule has 1 aliphatic heterocycles. The SMILES string of the molecule is CN(C(=O)O)C1(O)CCNCC1. The van der Waals surface area contributed by atoms with Crippen molar-refractivity contribution in [2.24, 2.45) is 0 Å². The summed E-state index contributed by atoms with van der Waals surface area (Å²) in [4.78, 5) is 11.5. The van der Waals surface area contributed by atoms with Crippen LogP contribution in [-0.4, -0.2) is 47.1 Å². The van der Waals surface area contributed by atoms with E-state index in [0.29, 0.717) is 25.9 Å². The fourth-order valence-electron chi connectivity index (χ4n) is 1.34. The molecule has 1 aliphatic rings. The molecule has 1 saturated heterocycles. The van der Waals surface area contributed by atoms with Crippen LogP contribution in [0.5, 0.6) is 0 Å². The summed E-state index contributed by atoms with van der Waals surface area (Å²) in [6.45, 7) is 1.32. The number of aliphatic hydroxyl groups is 1. The Bertz CT molecular complexity index is 177. The van der Waals surface area contributed by atoms with Gasteiger partial charge in [-0.15, -0.1) is 0 Å². The highest BCUT2D eigenvalue weighted by Crippen LogP contribution is 2.21. The van der Waals surface area contributed by atoms with Gasteiger partial charge in [0.2, 0.25) is 0 Å². The molecule has 1 heterocycles. The van der Waals surface area contributed by atoms with Crippen molar-refractivity contribution in [3.63, 3.8) is 0 Å². The van der Waals surface area contributed by atoms with Crippen molar-refractivity contribution < 1.29 is 15.0 Å². The smallest absolute Gasteiger partial charge is 0.409 e. The zero-order valence-corrected chi connectivity index (χ0v) is 7.08. The molecular weight excluding hydrogens is 160 g/mol. The first-order chi connectivity index (χ1) is 5.56. The van der Waals surface area contributed by atoms with Gasteiger partial charge in [0.05, 0.1) is 0 Å². The number of piperidine rings is 1. The summed E-state index contributed by atoms with van der Waals surface area (Å²) >= 11 is 0. The van der Waals surface area contributed by atoms with Crippen LogP contribution in [-0.2, 0) is 0 Å². The molecule has 5 nitrogen and oxygen atoms in total. The number of rotatable bonds is 1. The van der Waals surface area contributed by atoms with Crippen LogP contribution in [0.4, 0.5) is 4.79 Å². The number of nitrogens with one attached hydrogen (secondary N) is 1. The molecule has 0 aromatic carbocycles. The van der Waals surface area contributed by atoms with Gasteiger partial charge in [-0.25, -0.2) is 4.79 Å². The van der Waals surface area contributed by atoms with Gasteiger partial charge in [0, 0.05) is 19.9 Å². The van der Waals surface area contributed by atoms with Crippen molar-refractivity contribution >= 4 is 6.09 Å². The zero-order chi connectivity index (χ0) is 9.19. The van der Waals surface area contributed by atoms with Crippen LogP contribution < -0.4 is 5.32 Å². The third-order valence-electron chi connectivity index (χ3n) is 2.32. The van der Waals surface area contributed by atoms with E-state index in [2.05, 4.69) is 5.32 Å². The third kappa shape index (κ3) is 1.67. The molecule has 1 rings (SSSR count). The van der Waals surface area contributed by atoms with Gasteiger partial charge in [-0.1, -0.05) is 0 Å². The summed E-state index contributed by atoms with van der Waals surface area (Å²) in [6.07, 6.45) is -0.176. The van der Waals surface area contributed by atoms with Crippen molar-refractivity contribution in [3.05, 3.63) is 0 Å². The van der Waals surface area contributed by atoms with Crippen LogP contribution in [0.2, 0.25) is 0 Å². The topological polar surface area (TPSA) is 72.8 Å². The Labute approximate surface area is 71.0 Å². The molecule has 0 saturated carbocycles. The second-order valence-electron chi connectivity index (χ2n) is 3.07. The molecule has 0 atom stereocenters. The van der Waals surface area contributed by atoms with Crippen molar-refractivity contribution in [2.45, 2.75) is 18.6 Å². The van der Waals surface area contributed by atoms with Gasteiger partial charge >= 0.3 is 6.09 Å². The van der Waals surface area contributed by atoms with Crippen LogP contribution >= 0.6 is 0 Å². The van der Waals surface area contributed by atoms with Gasteiger partial charge in [0.15, 0.2) is 0 Å². The molecule has 0 aromatic rings. The van der Waals surface area contributed by atoms with Crippen LogP contribution in [0.3, 0.4) is 0 Å².